The molecule has 0 atom stereocenters. The fraction of sp³-hybridized carbons (Fsp3) is 0.263. The number of furan rings is 1. The van der Waals surface area contributed by atoms with E-state index in [1.165, 1.54) is 12.5 Å². The average molecular weight is 382 g/mol. The number of piperazine rings is 1. The predicted molar refractivity (Wildman–Crippen MR) is 100 cm³/mol. The number of hydrogen-bond donors (Lipinski definition) is 1. The Kier molecular flexibility index (Phi) is 4.56. The van der Waals surface area contributed by atoms with Gasteiger partial charge in [0, 0.05) is 26.2 Å². The second-order valence-electron chi connectivity index (χ2n) is 6.56. The van der Waals surface area contributed by atoms with Crippen molar-refractivity contribution in [3.05, 3.63) is 69.1 Å². The number of aromatic nitrogens is 2. The number of benzene rings is 1. The molecule has 9 nitrogen and oxygen atoms in total. The van der Waals surface area contributed by atoms with Crippen LogP contribution in [0.5, 0.6) is 0 Å². The molecule has 0 bridgehead atoms. The molecule has 0 unspecified atom stereocenters. The molecule has 9 heteroatoms. The lowest BCUT2D eigenvalue weighted by molar-refractivity contribution is -0.133. The van der Waals surface area contributed by atoms with Gasteiger partial charge in [0.25, 0.3) is 17.0 Å². The SMILES string of the molecule is O=C(Cn1[nH]c(=O)c2ccccc2c1=O)N1CCN(C(=O)c2ccoc2)CC1. The molecule has 2 amide bonds. The lowest BCUT2D eigenvalue weighted by Crippen LogP contribution is -2.51. The molecule has 1 fully saturated rings. The minimum absolute atomic E-state index is 0.143. The second kappa shape index (κ2) is 7.18. The maximum atomic E-state index is 12.6. The quantitative estimate of drug-likeness (QED) is 0.699. The van der Waals surface area contributed by atoms with Crippen LogP contribution < -0.4 is 11.1 Å². The van der Waals surface area contributed by atoms with Gasteiger partial charge in [-0.1, -0.05) is 12.1 Å². The van der Waals surface area contributed by atoms with Crippen molar-refractivity contribution in [2.75, 3.05) is 26.2 Å². The number of hydrogen-bond acceptors (Lipinski definition) is 5. The van der Waals surface area contributed by atoms with Crippen LogP contribution in [-0.2, 0) is 11.3 Å². The molecule has 3 heterocycles. The third-order valence-electron chi connectivity index (χ3n) is 4.86. The van der Waals surface area contributed by atoms with Crippen molar-refractivity contribution in [2.45, 2.75) is 6.54 Å². The van der Waals surface area contributed by atoms with Gasteiger partial charge in [-0.2, -0.15) is 0 Å². The van der Waals surface area contributed by atoms with Crippen LogP contribution in [0.1, 0.15) is 10.4 Å². The van der Waals surface area contributed by atoms with E-state index in [2.05, 4.69) is 5.10 Å². The number of carbonyl (C=O) groups is 2. The van der Waals surface area contributed by atoms with Gasteiger partial charge in [0.1, 0.15) is 12.8 Å². The largest absolute Gasteiger partial charge is 0.472 e. The lowest BCUT2D eigenvalue weighted by Gasteiger charge is -2.34. The van der Waals surface area contributed by atoms with Crippen molar-refractivity contribution in [1.82, 2.24) is 19.6 Å². The van der Waals surface area contributed by atoms with E-state index in [9.17, 15) is 19.2 Å². The van der Waals surface area contributed by atoms with E-state index >= 15 is 0 Å². The smallest absolute Gasteiger partial charge is 0.273 e. The fourth-order valence-corrected chi connectivity index (χ4v) is 3.32. The molecule has 0 saturated carbocycles. The van der Waals surface area contributed by atoms with Crippen LogP contribution in [0.3, 0.4) is 0 Å². The number of rotatable bonds is 3. The van der Waals surface area contributed by atoms with E-state index in [-0.39, 0.29) is 23.7 Å². The monoisotopic (exact) mass is 382 g/mol. The average Bonchev–Trinajstić information content (AvgIpc) is 3.26. The number of amides is 2. The first kappa shape index (κ1) is 17.8. The summed E-state index contributed by atoms with van der Waals surface area (Å²) in [4.78, 5) is 52.8. The van der Waals surface area contributed by atoms with Gasteiger partial charge in [-0.05, 0) is 18.2 Å². The number of nitrogens with zero attached hydrogens (tertiary/aromatic N) is 3. The van der Waals surface area contributed by atoms with E-state index in [1.807, 2.05) is 0 Å². The molecule has 2 aromatic heterocycles. The van der Waals surface area contributed by atoms with Gasteiger partial charge in [0.15, 0.2) is 0 Å². The van der Waals surface area contributed by atoms with Crippen molar-refractivity contribution in [3.8, 4) is 0 Å². The summed E-state index contributed by atoms with van der Waals surface area (Å²) in [5.74, 6) is -0.431. The first-order chi connectivity index (χ1) is 13.5. The highest BCUT2D eigenvalue weighted by Gasteiger charge is 2.25. The third-order valence-corrected chi connectivity index (χ3v) is 4.86. The van der Waals surface area contributed by atoms with E-state index in [0.717, 1.165) is 4.68 Å². The molecule has 1 N–H and O–H groups in total. The molecule has 0 aliphatic carbocycles. The number of aromatic amines is 1. The van der Waals surface area contributed by atoms with Crippen LogP contribution in [-0.4, -0.2) is 57.6 Å². The summed E-state index contributed by atoms with van der Waals surface area (Å²) < 4.78 is 5.97. The van der Waals surface area contributed by atoms with Gasteiger partial charge < -0.3 is 14.2 Å². The van der Waals surface area contributed by atoms with E-state index in [4.69, 9.17) is 4.42 Å². The van der Waals surface area contributed by atoms with Gasteiger partial charge in [0.05, 0.1) is 22.6 Å². The Hall–Kier alpha value is -3.62. The van der Waals surface area contributed by atoms with Crippen molar-refractivity contribution in [2.24, 2.45) is 0 Å². The highest BCUT2D eigenvalue weighted by atomic mass is 16.3. The number of H-pyrrole nitrogens is 1. The summed E-state index contributed by atoms with van der Waals surface area (Å²) in [6.45, 7) is 1.23. The molecular weight excluding hydrogens is 364 g/mol. The number of fused-ring (bicyclic) bond motifs is 1. The van der Waals surface area contributed by atoms with E-state index in [0.29, 0.717) is 37.1 Å². The molecule has 1 saturated heterocycles. The van der Waals surface area contributed by atoms with Gasteiger partial charge >= 0.3 is 0 Å². The predicted octanol–water partition coefficient (Wildman–Crippen LogP) is 0.267. The van der Waals surface area contributed by atoms with Crippen LogP contribution in [0.15, 0.2) is 56.9 Å². The molecule has 28 heavy (non-hydrogen) atoms. The summed E-state index contributed by atoms with van der Waals surface area (Å²) >= 11 is 0. The summed E-state index contributed by atoms with van der Waals surface area (Å²) in [7, 11) is 0. The second-order valence-corrected chi connectivity index (χ2v) is 6.56. The Morgan fingerprint density at radius 1 is 0.964 bits per heavy atom. The highest BCUT2D eigenvalue weighted by Crippen LogP contribution is 2.10. The summed E-state index contributed by atoms with van der Waals surface area (Å²) in [6, 6.07) is 8.08. The summed E-state index contributed by atoms with van der Waals surface area (Å²) in [5.41, 5.74) is -0.365. The molecule has 1 aromatic carbocycles. The van der Waals surface area contributed by atoms with E-state index in [1.54, 1.807) is 40.1 Å². The Balaban J connectivity index is 1.45. The van der Waals surface area contributed by atoms with Crippen molar-refractivity contribution in [3.63, 3.8) is 0 Å². The first-order valence-electron chi connectivity index (χ1n) is 8.86. The highest BCUT2D eigenvalue weighted by molar-refractivity contribution is 5.94. The fourth-order valence-electron chi connectivity index (χ4n) is 3.32. The van der Waals surface area contributed by atoms with Crippen molar-refractivity contribution >= 4 is 22.6 Å². The molecular formula is C19H18N4O5. The molecule has 0 radical (unpaired) electrons. The normalized spacial score (nSPS) is 14.4. The van der Waals surface area contributed by atoms with Crippen LogP contribution in [0, 0.1) is 0 Å². The molecule has 1 aliphatic heterocycles. The Labute approximate surface area is 158 Å². The first-order valence-corrected chi connectivity index (χ1v) is 8.86. The number of nitrogens with one attached hydrogen (secondary N) is 1. The Bertz CT molecular complexity index is 1140. The lowest BCUT2D eigenvalue weighted by atomic mass is 10.2. The number of carbonyl (C=O) groups excluding carboxylic acids is 2. The van der Waals surface area contributed by atoms with Crippen LogP contribution in [0.2, 0.25) is 0 Å². The van der Waals surface area contributed by atoms with Gasteiger partial charge in [0.2, 0.25) is 5.91 Å². The van der Waals surface area contributed by atoms with Crippen LogP contribution >= 0.6 is 0 Å². The summed E-state index contributed by atoms with van der Waals surface area (Å²) in [6.07, 6.45) is 2.83. The minimum atomic E-state index is -0.419. The van der Waals surface area contributed by atoms with Crippen LogP contribution in [0.4, 0.5) is 0 Å². The maximum Gasteiger partial charge on any atom is 0.273 e. The zero-order valence-corrected chi connectivity index (χ0v) is 15.0. The molecule has 1 aliphatic rings. The maximum absolute atomic E-state index is 12.6. The topological polar surface area (TPSA) is 109 Å². The minimum Gasteiger partial charge on any atom is -0.472 e. The molecule has 0 spiro atoms. The third kappa shape index (κ3) is 3.22. The molecule has 4 rings (SSSR count). The Morgan fingerprint density at radius 3 is 2.32 bits per heavy atom. The standard InChI is InChI=1S/C19H18N4O5/c24-16(11-23-19(27)15-4-2-1-3-14(15)17(25)20-23)21-6-8-22(9-7-21)18(26)13-5-10-28-12-13/h1-5,10,12H,6-9,11H2,(H,20,25). The van der Waals surface area contributed by atoms with E-state index < -0.39 is 11.1 Å². The molecule has 144 valence electrons. The molecule has 3 aromatic rings. The van der Waals surface area contributed by atoms with Crippen LogP contribution in [0.25, 0.3) is 10.8 Å². The van der Waals surface area contributed by atoms with Gasteiger partial charge in [-0.15, -0.1) is 0 Å². The Morgan fingerprint density at radius 2 is 1.64 bits per heavy atom. The van der Waals surface area contributed by atoms with Crippen molar-refractivity contribution in [1.29, 1.82) is 0 Å². The zero-order valence-electron chi connectivity index (χ0n) is 15.0. The summed E-state index contributed by atoms with van der Waals surface area (Å²) in [5, 5.41) is 3.03. The van der Waals surface area contributed by atoms with Crippen molar-refractivity contribution < 1.29 is 14.0 Å². The zero-order chi connectivity index (χ0) is 19.7. The van der Waals surface area contributed by atoms with Gasteiger partial charge in [-0.3, -0.25) is 24.3 Å². The van der Waals surface area contributed by atoms with Gasteiger partial charge in [-0.25, -0.2) is 4.68 Å².